The van der Waals surface area contributed by atoms with Crippen molar-refractivity contribution < 1.29 is 45.5 Å². The molecule has 386 valence electrons. The van der Waals surface area contributed by atoms with E-state index in [1.807, 2.05) is 64.1 Å². The first-order chi connectivity index (χ1) is 32.7. The lowest BCUT2D eigenvalue weighted by atomic mass is 9.91. The van der Waals surface area contributed by atoms with Crippen molar-refractivity contribution in [3.63, 3.8) is 0 Å². The Kier molecular flexibility index (Phi) is 25.8. The highest BCUT2D eigenvalue weighted by Crippen LogP contribution is 2.26. The molecule has 0 spiro atoms. The smallest absolute Gasteiger partial charge is 0.408 e. The highest BCUT2D eigenvalue weighted by atomic mass is 35.7. The van der Waals surface area contributed by atoms with Gasteiger partial charge in [0.1, 0.15) is 30.8 Å². The van der Waals surface area contributed by atoms with Crippen LogP contribution in [0.4, 0.5) is 4.79 Å². The minimum Gasteiger partial charge on any atom is -0.445 e. The van der Waals surface area contributed by atoms with Crippen molar-refractivity contribution in [2.45, 2.75) is 185 Å². The van der Waals surface area contributed by atoms with Crippen molar-refractivity contribution in [2.24, 2.45) is 23.7 Å². The number of sulfonamides is 1. The number of nitrogens with one attached hydrogen (secondary N) is 6. The summed E-state index contributed by atoms with van der Waals surface area (Å²) in [7, 11) is -1.68. The van der Waals surface area contributed by atoms with E-state index in [9.17, 15) is 51.3 Å². The molecule has 18 nitrogen and oxygen atoms in total. The van der Waals surface area contributed by atoms with E-state index in [1.54, 1.807) is 0 Å². The fraction of sp³-hybridized carbons (Fsp3) is 0.729. The molecule has 2 aliphatic carbocycles. The molecule has 2 heterocycles. The number of rotatable bonds is 19. The van der Waals surface area contributed by atoms with E-state index in [-0.39, 0.29) is 60.2 Å². The number of halogens is 1. The molecule has 21 heteroatoms. The van der Waals surface area contributed by atoms with E-state index >= 15 is 0 Å². The van der Waals surface area contributed by atoms with E-state index < -0.39 is 66.4 Å². The predicted octanol–water partition coefficient (Wildman–Crippen LogP) is 5.72. The Morgan fingerprint density at radius 2 is 1.12 bits per heavy atom. The molecule has 0 radical (unpaired) electrons. The van der Waals surface area contributed by atoms with Crippen molar-refractivity contribution >= 4 is 59.5 Å². The number of benzene rings is 1. The van der Waals surface area contributed by atoms with Crippen LogP contribution >= 0.6 is 10.7 Å². The second-order valence-corrected chi connectivity index (χ2v) is 24.2. The van der Waals surface area contributed by atoms with Crippen LogP contribution < -0.4 is 31.3 Å². The van der Waals surface area contributed by atoms with Gasteiger partial charge in [0, 0.05) is 35.6 Å². The largest absolute Gasteiger partial charge is 0.445 e. The molecule has 2 saturated heterocycles. The summed E-state index contributed by atoms with van der Waals surface area (Å²) >= 11 is 0. The van der Waals surface area contributed by atoms with Crippen molar-refractivity contribution in [3.05, 3.63) is 35.9 Å². The van der Waals surface area contributed by atoms with Crippen LogP contribution in [0.5, 0.6) is 0 Å². The molecule has 69 heavy (non-hydrogen) atoms. The Morgan fingerprint density at radius 3 is 1.54 bits per heavy atom. The van der Waals surface area contributed by atoms with Crippen LogP contribution in [0, 0.1) is 46.3 Å². The molecular weight excluding hydrogens is 948 g/mol. The summed E-state index contributed by atoms with van der Waals surface area (Å²) in [5.74, 6) is -1.50. The standard InChI is InChI=1S/C22H30N4O4.C20H34N4O4S.C6H11ClO2S/c1-15(2)11-19(26-22(29)30-14-16-7-4-3-5-8-16)21(28)25-18(13-23)12-17-9-6-10-24-20(17)27;1-14(2)11-18(24-29(27,28)17-8-4-3-5-9-17)20(26)23-16(13-21)12-15-7-6-10-22-19(15)25;7-10(8,9)6-4-2-1-3-5-6/h3-5,7-8,15,17-19H,6,9-12,14H2,1-2H3,(H,24,27)(H,25,28)(H,26,29);14-18,24H,3-12H2,1-2H3,(H,22,25)(H,23,26);6H,1-5H2/t17-,18-,19-;15-,16-,18-;/m00./s1. The molecule has 0 unspecified atom stereocenters. The zero-order chi connectivity index (χ0) is 51.0. The van der Waals surface area contributed by atoms with Crippen LogP contribution in [-0.4, -0.2) is 94.3 Å². The minimum absolute atomic E-state index is 0.0860. The summed E-state index contributed by atoms with van der Waals surface area (Å²) in [6.07, 6.45) is 12.3. The zero-order valence-corrected chi connectivity index (χ0v) is 43.1. The van der Waals surface area contributed by atoms with Gasteiger partial charge >= 0.3 is 6.09 Å². The average Bonchev–Trinajstić information content (AvgIpc) is 3.32. The summed E-state index contributed by atoms with van der Waals surface area (Å²) < 4.78 is 54.9. The van der Waals surface area contributed by atoms with Gasteiger partial charge in [0.25, 0.3) is 0 Å². The second-order valence-electron chi connectivity index (χ2n) is 19.3. The maximum Gasteiger partial charge on any atom is 0.408 e. The first kappa shape index (κ1) is 58.8. The van der Waals surface area contributed by atoms with Crippen molar-refractivity contribution in [2.75, 3.05) is 13.1 Å². The van der Waals surface area contributed by atoms with Gasteiger partial charge in [-0.25, -0.2) is 26.4 Å². The molecule has 2 aliphatic heterocycles. The molecule has 0 aromatic heterocycles. The summed E-state index contributed by atoms with van der Waals surface area (Å²) in [4.78, 5) is 61.7. The fourth-order valence-corrected chi connectivity index (χ4v) is 12.0. The number of alkyl carbamates (subject to hydrolysis) is 1. The molecule has 6 atom stereocenters. The van der Waals surface area contributed by atoms with Crippen LogP contribution in [0.3, 0.4) is 0 Å². The number of amides is 5. The maximum atomic E-state index is 12.8. The van der Waals surface area contributed by atoms with Crippen LogP contribution in [0.2, 0.25) is 0 Å². The van der Waals surface area contributed by atoms with Crippen LogP contribution in [-0.2, 0) is 49.6 Å². The molecular formula is C48H75ClN8O10S2. The molecule has 4 aliphatic rings. The van der Waals surface area contributed by atoms with E-state index in [4.69, 9.17) is 15.4 Å². The Labute approximate surface area is 414 Å². The van der Waals surface area contributed by atoms with Crippen LogP contribution in [0.15, 0.2) is 30.3 Å². The first-order valence-corrected chi connectivity index (χ1v) is 28.5. The van der Waals surface area contributed by atoms with E-state index in [0.717, 1.165) is 69.8 Å². The quantitative estimate of drug-likeness (QED) is 0.0908. The van der Waals surface area contributed by atoms with Crippen molar-refractivity contribution in [1.82, 2.24) is 31.3 Å². The molecule has 1 aromatic carbocycles. The molecule has 5 rings (SSSR count). The summed E-state index contributed by atoms with van der Waals surface area (Å²) in [5.41, 5.74) is 0.841. The third-order valence-electron chi connectivity index (χ3n) is 12.6. The summed E-state index contributed by atoms with van der Waals surface area (Å²) in [6, 6.07) is 9.96. The van der Waals surface area contributed by atoms with Gasteiger partial charge in [-0.15, -0.1) is 0 Å². The molecule has 2 saturated carbocycles. The minimum atomic E-state index is -3.61. The van der Waals surface area contributed by atoms with Gasteiger partial charge in [-0.1, -0.05) is 96.6 Å². The molecule has 5 amide bonds. The van der Waals surface area contributed by atoms with E-state index in [1.165, 1.54) is 0 Å². The summed E-state index contributed by atoms with van der Waals surface area (Å²) in [5, 5.41) is 31.7. The van der Waals surface area contributed by atoms with Gasteiger partial charge in [-0.2, -0.15) is 10.5 Å². The van der Waals surface area contributed by atoms with Gasteiger partial charge in [-0.05, 0) is 94.4 Å². The molecule has 1 aromatic rings. The number of ether oxygens (including phenoxy) is 1. The van der Waals surface area contributed by atoms with Gasteiger partial charge in [0.2, 0.25) is 42.7 Å². The maximum absolute atomic E-state index is 12.8. The van der Waals surface area contributed by atoms with Crippen molar-refractivity contribution in [3.8, 4) is 12.1 Å². The SMILES string of the molecule is CC(C)C[C@H](NC(=O)OCc1ccccc1)C(=O)N[C@H](C#N)C[C@@H]1CCCNC1=O.CC(C)C[C@H](NS(=O)(=O)C1CCCCC1)C(=O)N[C@H](C#N)C[C@@H]1CCCNC1=O.O=S(=O)(Cl)C1CCCCC1. The number of nitriles is 2. The topological polar surface area (TPSA) is 283 Å². The average molecular weight is 1020 g/mol. The van der Waals surface area contributed by atoms with Gasteiger partial charge in [0.05, 0.1) is 22.6 Å². The van der Waals surface area contributed by atoms with Gasteiger partial charge < -0.3 is 31.3 Å². The van der Waals surface area contributed by atoms with Crippen LogP contribution in [0.1, 0.15) is 149 Å². The molecule has 0 bridgehead atoms. The van der Waals surface area contributed by atoms with E-state index in [0.29, 0.717) is 51.6 Å². The Hall–Kier alpha value is -4.50. The third kappa shape index (κ3) is 22.4. The Morgan fingerprint density at radius 1 is 0.667 bits per heavy atom. The highest BCUT2D eigenvalue weighted by molar-refractivity contribution is 8.14. The number of hydrogen-bond acceptors (Lipinski definition) is 12. The fourth-order valence-electron chi connectivity index (χ4n) is 8.83. The lowest BCUT2D eigenvalue weighted by Gasteiger charge is -2.27. The normalized spacial score (nSPS) is 20.8. The predicted molar refractivity (Wildman–Crippen MR) is 263 cm³/mol. The Balaban J connectivity index is 0.000000304. The monoisotopic (exact) mass is 1020 g/mol. The van der Waals surface area contributed by atoms with E-state index in [2.05, 4.69) is 37.4 Å². The first-order valence-electron chi connectivity index (χ1n) is 24.6. The van der Waals surface area contributed by atoms with Crippen LogP contribution in [0.25, 0.3) is 0 Å². The number of carbonyl (C=O) groups is 5. The van der Waals surface area contributed by atoms with Gasteiger partial charge in [0.15, 0.2) is 0 Å². The van der Waals surface area contributed by atoms with Crippen molar-refractivity contribution in [1.29, 1.82) is 10.5 Å². The number of piperidine rings is 2. The molecule has 4 fully saturated rings. The molecule has 6 N–H and O–H groups in total. The highest BCUT2D eigenvalue weighted by Gasteiger charge is 2.35. The van der Waals surface area contributed by atoms with Gasteiger partial charge in [-0.3, -0.25) is 19.2 Å². The third-order valence-corrected chi connectivity index (χ3v) is 16.6. The summed E-state index contributed by atoms with van der Waals surface area (Å²) in [6.45, 7) is 9.09. The second kappa shape index (κ2) is 30.3. The lowest BCUT2D eigenvalue weighted by molar-refractivity contribution is -0.128. The number of carbonyl (C=O) groups excluding carboxylic acids is 5. The number of nitrogens with zero attached hydrogens (tertiary/aromatic N) is 2. The zero-order valence-electron chi connectivity index (χ0n) is 40.7. The number of hydrogen-bond donors (Lipinski definition) is 6. The Bertz CT molecular complexity index is 2110. The lowest BCUT2D eigenvalue weighted by Crippen LogP contribution is -2.52.